The van der Waals surface area contributed by atoms with Crippen molar-refractivity contribution in [2.24, 2.45) is 5.92 Å². The number of carbonyl (C=O) groups is 1. The van der Waals surface area contributed by atoms with E-state index in [1.165, 1.54) is 6.07 Å². The van der Waals surface area contributed by atoms with E-state index in [0.29, 0.717) is 24.9 Å². The molecule has 112 valence electrons. The molecule has 1 aromatic rings. The third-order valence-electron chi connectivity index (χ3n) is 3.61. The van der Waals surface area contributed by atoms with Gasteiger partial charge in [0.1, 0.15) is 6.07 Å². The molecule has 7 heteroatoms. The number of nitrogens with one attached hydrogen (secondary N) is 1. The fraction of sp³-hybridized carbons (Fsp3) is 0.429. The van der Waals surface area contributed by atoms with Crippen molar-refractivity contribution in [1.82, 2.24) is 0 Å². The van der Waals surface area contributed by atoms with Crippen molar-refractivity contribution in [2.75, 3.05) is 5.32 Å². The maximum Gasteiger partial charge on any atom is 0.416 e. The first-order valence-electron chi connectivity index (χ1n) is 6.42. The zero-order chi connectivity index (χ0) is 15.6. The maximum atomic E-state index is 12.6. The normalized spacial score (nSPS) is 21.8. The minimum absolute atomic E-state index is 0.0939. The fourth-order valence-electron chi connectivity index (χ4n) is 2.50. The molecule has 1 fully saturated rings. The van der Waals surface area contributed by atoms with E-state index in [-0.39, 0.29) is 11.6 Å². The average Bonchev–Trinajstić information content (AvgIpc) is 2.86. The number of aliphatic carboxylic acids is 1. The van der Waals surface area contributed by atoms with Crippen LogP contribution in [0.1, 0.15) is 30.4 Å². The molecule has 0 heterocycles. The SMILES string of the molecule is N#Cc1cc(C(F)(F)F)ccc1N[C@H]1CC[C@@H](C(=O)O)C1. The molecule has 0 radical (unpaired) electrons. The molecule has 2 rings (SSSR count). The van der Waals surface area contributed by atoms with Gasteiger partial charge in [-0.1, -0.05) is 0 Å². The molecule has 1 saturated carbocycles. The molecular weight excluding hydrogens is 285 g/mol. The van der Waals surface area contributed by atoms with Crippen LogP contribution in [-0.4, -0.2) is 17.1 Å². The lowest BCUT2D eigenvalue weighted by Crippen LogP contribution is -2.18. The molecule has 21 heavy (non-hydrogen) atoms. The van der Waals surface area contributed by atoms with E-state index in [0.717, 1.165) is 12.1 Å². The quantitative estimate of drug-likeness (QED) is 0.898. The third-order valence-corrected chi connectivity index (χ3v) is 3.61. The van der Waals surface area contributed by atoms with Gasteiger partial charge in [-0.15, -0.1) is 0 Å². The summed E-state index contributed by atoms with van der Waals surface area (Å²) in [6, 6.07) is 4.52. The maximum absolute atomic E-state index is 12.6. The molecule has 0 aliphatic heterocycles. The second kappa shape index (κ2) is 5.64. The molecule has 0 saturated heterocycles. The van der Waals surface area contributed by atoms with Crippen molar-refractivity contribution in [3.05, 3.63) is 29.3 Å². The minimum Gasteiger partial charge on any atom is -0.481 e. The van der Waals surface area contributed by atoms with Gasteiger partial charge in [-0.3, -0.25) is 4.79 Å². The molecule has 2 N–H and O–H groups in total. The molecule has 0 unspecified atom stereocenters. The highest BCUT2D eigenvalue weighted by molar-refractivity contribution is 5.70. The molecule has 4 nitrogen and oxygen atoms in total. The van der Waals surface area contributed by atoms with Gasteiger partial charge in [-0.2, -0.15) is 18.4 Å². The van der Waals surface area contributed by atoms with Gasteiger partial charge in [0.15, 0.2) is 0 Å². The van der Waals surface area contributed by atoms with Gasteiger partial charge in [0, 0.05) is 6.04 Å². The highest BCUT2D eigenvalue weighted by Gasteiger charge is 2.32. The fourth-order valence-corrected chi connectivity index (χ4v) is 2.50. The lowest BCUT2D eigenvalue weighted by molar-refractivity contribution is -0.141. The Hall–Kier alpha value is -2.23. The van der Waals surface area contributed by atoms with Crippen LogP contribution in [0, 0.1) is 17.2 Å². The van der Waals surface area contributed by atoms with Crippen LogP contribution in [0.15, 0.2) is 18.2 Å². The van der Waals surface area contributed by atoms with E-state index in [1.54, 1.807) is 6.07 Å². The number of nitriles is 1. The van der Waals surface area contributed by atoms with Crippen LogP contribution >= 0.6 is 0 Å². The van der Waals surface area contributed by atoms with Crippen molar-refractivity contribution in [3.63, 3.8) is 0 Å². The number of carboxylic acid groups (broad SMARTS) is 1. The number of alkyl halides is 3. The number of rotatable bonds is 3. The van der Waals surface area contributed by atoms with E-state index in [9.17, 15) is 18.0 Å². The van der Waals surface area contributed by atoms with Crippen LogP contribution in [0.4, 0.5) is 18.9 Å². The summed E-state index contributed by atoms with van der Waals surface area (Å²) in [6.45, 7) is 0. The van der Waals surface area contributed by atoms with Crippen molar-refractivity contribution >= 4 is 11.7 Å². The number of benzene rings is 1. The van der Waals surface area contributed by atoms with Crippen molar-refractivity contribution in [2.45, 2.75) is 31.5 Å². The lowest BCUT2D eigenvalue weighted by Gasteiger charge is -2.16. The first-order chi connectivity index (χ1) is 9.81. The van der Waals surface area contributed by atoms with Crippen LogP contribution in [0.3, 0.4) is 0 Å². The Bertz CT molecular complexity index is 593. The Morgan fingerprint density at radius 1 is 1.38 bits per heavy atom. The number of hydrogen-bond donors (Lipinski definition) is 2. The summed E-state index contributed by atoms with van der Waals surface area (Å²) >= 11 is 0. The first kappa shape index (κ1) is 15.2. The predicted octanol–water partition coefficient (Wildman–Crippen LogP) is 3.24. The summed E-state index contributed by atoms with van der Waals surface area (Å²) in [5, 5.41) is 20.9. The lowest BCUT2D eigenvalue weighted by atomic mass is 10.1. The first-order valence-corrected chi connectivity index (χ1v) is 6.42. The summed E-state index contributed by atoms with van der Waals surface area (Å²) in [7, 11) is 0. The zero-order valence-electron chi connectivity index (χ0n) is 10.9. The van der Waals surface area contributed by atoms with Gasteiger partial charge in [0.05, 0.1) is 22.7 Å². The number of anilines is 1. The molecule has 1 aliphatic rings. The molecule has 2 atom stereocenters. The van der Waals surface area contributed by atoms with Gasteiger partial charge in [-0.25, -0.2) is 0 Å². The summed E-state index contributed by atoms with van der Waals surface area (Å²) in [5.74, 6) is -1.31. The topological polar surface area (TPSA) is 73.1 Å². The Morgan fingerprint density at radius 3 is 2.62 bits per heavy atom. The van der Waals surface area contributed by atoms with Gasteiger partial charge in [0.25, 0.3) is 0 Å². The van der Waals surface area contributed by atoms with Crippen LogP contribution in [0.5, 0.6) is 0 Å². The Morgan fingerprint density at radius 2 is 2.10 bits per heavy atom. The van der Waals surface area contributed by atoms with Gasteiger partial charge in [0.2, 0.25) is 0 Å². The Balaban J connectivity index is 2.15. The van der Waals surface area contributed by atoms with Crippen LogP contribution < -0.4 is 5.32 Å². The van der Waals surface area contributed by atoms with E-state index >= 15 is 0 Å². The van der Waals surface area contributed by atoms with E-state index < -0.39 is 23.6 Å². The predicted molar refractivity (Wildman–Crippen MR) is 68.5 cm³/mol. The standard InChI is InChI=1S/C14H13F3N2O2/c15-14(16,17)10-2-4-12(9(5-10)7-18)19-11-3-1-8(6-11)13(20)21/h2,4-5,8,11,19H,1,3,6H2,(H,20,21)/t8-,11+/m1/s1. The Kier molecular flexibility index (Phi) is 4.07. The molecule has 0 bridgehead atoms. The second-order valence-electron chi connectivity index (χ2n) is 5.06. The summed E-state index contributed by atoms with van der Waals surface area (Å²) in [6.07, 6.45) is -2.95. The highest BCUT2D eigenvalue weighted by atomic mass is 19.4. The minimum atomic E-state index is -4.49. The number of hydrogen-bond acceptors (Lipinski definition) is 3. The van der Waals surface area contributed by atoms with Gasteiger partial charge in [-0.05, 0) is 37.5 Å². The molecule has 0 amide bonds. The summed E-state index contributed by atoms with van der Waals surface area (Å²) in [4.78, 5) is 10.9. The average molecular weight is 298 g/mol. The number of halogens is 3. The summed E-state index contributed by atoms with van der Waals surface area (Å²) in [5.41, 5.74) is -0.662. The largest absolute Gasteiger partial charge is 0.481 e. The van der Waals surface area contributed by atoms with Crippen LogP contribution in [0.25, 0.3) is 0 Å². The van der Waals surface area contributed by atoms with Gasteiger partial charge >= 0.3 is 12.1 Å². The molecule has 0 aromatic heterocycles. The molecule has 1 aromatic carbocycles. The van der Waals surface area contributed by atoms with E-state index in [4.69, 9.17) is 10.4 Å². The van der Waals surface area contributed by atoms with Crippen LogP contribution in [-0.2, 0) is 11.0 Å². The smallest absolute Gasteiger partial charge is 0.416 e. The second-order valence-corrected chi connectivity index (χ2v) is 5.06. The zero-order valence-corrected chi connectivity index (χ0v) is 10.9. The monoisotopic (exact) mass is 298 g/mol. The molecule has 1 aliphatic carbocycles. The number of nitrogens with zero attached hydrogens (tertiary/aromatic N) is 1. The summed E-state index contributed by atoms with van der Waals surface area (Å²) < 4.78 is 37.8. The van der Waals surface area contributed by atoms with Crippen molar-refractivity contribution in [1.29, 1.82) is 5.26 Å². The van der Waals surface area contributed by atoms with E-state index in [2.05, 4.69) is 5.32 Å². The highest BCUT2D eigenvalue weighted by Crippen LogP contribution is 2.33. The van der Waals surface area contributed by atoms with Crippen molar-refractivity contribution < 1.29 is 23.1 Å². The molecular formula is C14H13F3N2O2. The Labute approximate surface area is 119 Å². The van der Waals surface area contributed by atoms with Crippen LogP contribution in [0.2, 0.25) is 0 Å². The third kappa shape index (κ3) is 3.45. The molecule has 0 spiro atoms. The number of carboxylic acids is 1. The van der Waals surface area contributed by atoms with Crippen molar-refractivity contribution in [3.8, 4) is 6.07 Å². The van der Waals surface area contributed by atoms with Gasteiger partial charge < -0.3 is 10.4 Å². The van der Waals surface area contributed by atoms with E-state index in [1.807, 2.05) is 0 Å².